The molecule has 0 saturated carbocycles. The van der Waals surface area contributed by atoms with E-state index in [1.165, 1.54) is 18.3 Å². The van der Waals surface area contributed by atoms with Gasteiger partial charge >= 0.3 is 6.36 Å². The lowest BCUT2D eigenvalue weighted by molar-refractivity contribution is -0.274. The van der Waals surface area contributed by atoms with Gasteiger partial charge in [0, 0.05) is 61.0 Å². The molecule has 0 unspecified atom stereocenters. The maximum Gasteiger partial charge on any atom is 0.573 e. The number of nitrogens with one attached hydrogen (secondary N) is 2. The number of alkyl halides is 3. The van der Waals surface area contributed by atoms with Crippen LogP contribution in [0.5, 0.6) is 5.75 Å². The molecule has 2 N–H and O–H groups in total. The topological polar surface area (TPSA) is 106 Å². The van der Waals surface area contributed by atoms with Crippen LogP contribution in [-0.4, -0.2) is 40.8 Å². The first-order chi connectivity index (χ1) is 20.6. The van der Waals surface area contributed by atoms with Gasteiger partial charge in [0.2, 0.25) is 0 Å². The van der Waals surface area contributed by atoms with Crippen LogP contribution >= 0.6 is 0 Å². The third-order valence-corrected chi connectivity index (χ3v) is 7.60. The molecule has 2 bridgehead atoms. The van der Waals surface area contributed by atoms with E-state index in [0.29, 0.717) is 30.9 Å². The van der Waals surface area contributed by atoms with Crippen LogP contribution in [0.4, 0.5) is 30.2 Å². The Morgan fingerprint density at radius 3 is 2.42 bits per heavy atom. The Labute approximate surface area is 243 Å². The molecule has 4 heterocycles. The summed E-state index contributed by atoms with van der Waals surface area (Å²) in [7, 11) is 0. The van der Waals surface area contributed by atoms with Crippen molar-refractivity contribution in [1.82, 2.24) is 9.55 Å². The maximum absolute atomic E-state index is 13.2. The lowest BCUT2D eigenvalue weighted by Gasteiger charge is -2.44. The molecule has 1 fully saturated rings. The first kappa shape index (κ1) is 28.0. The van der Waals surface area contributed by atoms with Crippen molar-refractivity contribution in [3.8, 4) is 5.75 Å². The zero-order valence-electron chi connectivity index (χ0n) is 22.7. The molecule has 2 aromatic carbocycles. The molecule has 12 heteroatoms. The number of anilines is 3. The minimum atomic E-state index is -4.82. The minimum absolute atomic E-state index is 0.0112. The minimum Gasteiger partial charge on any atom is -0.406 e. The summed E-state index contributed by atoms with van der Waals surface area (Å²) in [6.07, 6.45) is -0.871. The molecule has 2 aliphatic heterocycles. The van der Waals surface area contributed by atoms with E-state index in [-0.39, 0.29) is 28.6 Å². The summed E-state index contributed by atoms with van der Waals surface area (Å²) in [6.45, 7) is 1.88. The molecule has 6 rings (SSSR count). The van der Waals surface area contributed by atoms with E-state index in [9.17, 15) is 27.6 Å². The van der Waals surface area contributed by atoms with Gasteiger partial charge in [-0.25, -0.2) is 0 Å². The van der Waals surface area contributed by atoms with Crippen molar-refractivity contribution in [2.45, 2.75) is 25.2 Å². The smallest absolute Gasteiger partial charge is 0.406 e. The van der Waals surface area contributed by atoms with Crippen LogP contribution in [0.3, 0.4) is 0 Å². The number of hydrogen-bond acceptors (Lipinski definition) is 6. The molecule has 2 amide bonds. The Hall–Kier alpha value is -5.13. The van der Waals surface area contributed by atoms with Crippen LogP contribution in [0.2, 0.25) is 0 Å². The number of benzene rings is 2. The molecule has 43 heavy (non-hydrogen) atoms. The molecular formula is C31H26F3N5O4. The van der Waals surface area contributed by atoms with Crippen molar-refractivity contribution < 1.29 is 27.5 Å². The molecule has 0 spiro atoms. The Balaban J connectivity index is 1.27. The average Bonchev–Trinajstić information content (AvgIpc) is 2.98. The quantitative estimate of drug-likeness (QED) is 0.318. The van der Waals surface area contributed by atoms with Crippen LogP contribution < -0.4 is 25.8 Å². The Morgan fingerprint density at radius 2 is 1.67 bits per heavy atom. The number of nitrogens with zero attached hydrogens (tertiary/aromatic N) is 3. The number of hydrogen-bond donors (Lipinski definition) is 2. The fourth-order valence-corrected chi connectivity index (χ4v) is 5.78. The van der Waals surface area contributed by atoms with Crippen LogP contribution in [0, 0.1) is 5.92 Å². The van der Waals surface area contributed by atoms with E-state index < -0.39 is 23.9 Å². The van der Waals surface area contributed by atoms with Crippen LogP contribution in [0.15, 0.2) is 90.0 Å². The second-order valence-electron chi connectivity index (χ2n) is 10.6. The monoisotopic (exact) mass is 589 g/mol. The van der Waals surface area contributed by atoms with Crippen LogP contribution in [0.1, 0.15) is 38.7 Å². The number of carbonyl (C=O) groups excluding carboxylic acids is 2. The van der Waals surface area contributed by atoms with Gasteiger partial charge in [-0.15, -0.1) is 13.2 Å². The number of piperidine rings is 1. The highest BCUT2D eigenvalue weighted by Gasteiger charge is 2.35. The number of rotatable bonds is 6. The summed E-state index contributed by atoms with van der Waals surface area (Å²) >= 11 is 0. The number of carbonyl (C=O) groups is 2. The summed E-state index contributed by atoms with van der Waals surface area (Å²) < 4.78 is 43.2. The Bertz CT molecular complexity index is 1720. The van der Waals surface area contributed by atoms with E-state index in [4.69, 9.17) is 0 Å². The highest BCUT2D eigenvalue weighted by atomic mass is 19.4. The van der Waals surface area contributed by atoms with E-state index in [2.05, 4.69) is 25.3 Å². The molecule has 4 aromatic rings. The van der Waals surface area contributed by atoms with Gasteiger partial charge in [0.25, 0.3) is 17.4 Å². The number of ether oxygens (including phenoxy) is 1. The third-order valence-electron chi connectivity index (χ3n) is 7.60. The van der Waals surface area contributed by atoms with Crippen LogP contribution in [-0.2, 0) is 6.54 Å². The van der Waals surface area contributed by atoms with Crippen LogP contribution in [0.25, 0.3) is 0 Å². The molecule has 2 aliphatic rings. The van der Waals surface area contributed by atoms with Gasteiger partial charge in [-0.1, -0.05) is 6.07 Å². The second kappa shape index (κ2) is 11.3. The molecule has 220 valence electrons. The number of aromatic nitrogens is 2. The van der Waals surface area contributed by atoms with Crippen molar-refractivity contribution >= 4 is 28.9 Å². The van der Waals surface area contributed by atoms with Crippen molar-refractivity contribution in [1.29, 1.82) is 0 Å². The zero-order chi connectivity index (χ0) is 30.1. The van der Waals surface area contributed by atoms with Crippen molar-refractivity contribution in [2.24, 2.45) is 5.92 Å². The molecule has 2 aromatic heterocycles. The summed E-state index contributed by atoms with van der Waals surface area (Å²) in [5, 5.41) is 5.59. The summed E-state index contributed by atoms with van der Waals surface area (Å²) in [4.78, 5) is 45.0. The summed E-state index contributed by atoms with van der Waals surface area (Å²) in [6, 6.07) is 18.4. The largest absolute Gasteiger partial charge is 0.573 e. The number of fused-ring (bicyclic) bond motifs is 4. The normalized spacial score (nSPS) is 17.5. The van der Waals surface area contributed by atoms with Gasteiger partial charge in [0.15, 0.2) is 0 Å². The third kappa shape index (κ3) is 6.22. The van der Waals surface area contributed by atoms with E-state index in [1.54, 1.807) is 48.7 Å². The van der Waals surface area contributed by atoms with E-state index in [0.717, 1.165) is 29.9 Å². The fraction of sp³-hybridized carbons (Fsp3) is 0.226. The van der Waals surface area contributed by atoms with Gasteiger partial charge in [0.1, 0.15) is 5.75 Å². The van der Waals surface area contributed by atoms with Crippen molar-refractivity contribution in [2.75, 3.05) is 28.6 Å². The number of pyridine rings is 2. The fourth-order valence-electron chi connectivity index (χ4n) is 5.78. The van der Waals surface area contributed by atoms with E-state index >= 15 is 0 Å². The van der Waals surface area contributed by atoms with Crippen molar-refractivity contribution in [3.63, 3.8) is 0 Å². The standard InChI is InChI=1S/C31H26F3N5O4/c32-31(33,34)43-24-9-7-23(8-10-24)36-29(41)20-6-11-27(25(14-20)37-30(42)21-3-2-12-35-15-21)38-16-19-13-22(18-38)26-4-1-5-28(40)39(26)17-19/h1-12,14-15,19,22H,13,16-18H2,(H,36,41)(H,37,42)/t19-,22+/m1/s1. The summed E-state index contributed by atoms with van der Waals surface area (Å²) in [5.74, 6) is -0.983. The van der Waals surface area contributed by atoms with Gasteiger partial charge in [-0.05, 0) is 73.0 Å². The summed E-state index contributed by atoms with van der Waals surface area (Å²) in [5.41, 5.74) is 2.95. The first-order valence-corrected chi connectivity index (χ1v) is 13.6. The first-order valence-electron chi connectivity index (χ1n) is 13.6. The van der Waals surface area contributed by atoms with Gasteiger partial charge < -0.3 is 24.8 Å². The van der Waals surface area contributed by atoms with Crippen molar-refractivity contribution in [3.05, 3.63) is 112 Å². The second-order valence-corrected chi connectivity index (χ2v) is 10.6. The molecular weight excluding hydrogens is 563 g/mol. The van der Waals surface area contributed by atoms with E-state index in [1.807, 2.05) is 10.6 Å². The maximum atomic E-state index is 13.2. The SMILES string of the molecule is O=C(Nc1ccc(OC(F)(F)F)cc1)c1ccc(N2C[C@H]3C[C@@H](C2)c2cccc(=O)n2C3)c(NC(=O)c2cccnc2)c1. The molecule has 0 aliphatic carbocycles. The number of halogens is 3. The predicted octanol–water partition coefficient (Wildman–Crippen LogP) is 5.27. The Morgan fingerprint density at radius 1 is 0.884 bits per heavy atom. The van der Waals surface area contributed by atoms with Gasteiger partial charge in [-0.3, -0.25) is 19.4 Å². The Kier molecular flexibility index (Phi) is 7.34. The number of amides is 2. The highest BCUT2D eigenvalue weighted by molar-refractivity contribution is 6.09. The average molecular weight is 590 g/mol. The predicted molar refractivity (Wildman–Crippen MR) is 153 cm³/mol. The van der Waals surface area contributed by atoms with Gasteiger partial charge in [0.05, 0.1) is 16.9 Å². The zero-order valence-corrected chi connectivity index (χ0v) is 22.7. The highest BCUT2D eigenvalue weighted by Crippen LogP contribution is 2.39. The molecule has 0 radical (unpaired) electrons. The lowest BCUT2D eigenvalue weighted by atomic mass is 9.83. The van der Waals surface area contributed by atoms with Gasteiger partial charge in [-0.2, -0.15) is 0 Å². The molecule has 2 atom stereocenters. The molecule has 9 nitrogen and oxygen atoms in total. The molecule has 1 saturated heterocycles. The lowest BCUT2D eigenvalue weighted by Crippen LogP contribution is -2.47.